The molecule has 1 saturated carbocycles. The highest BCUT2D eigenvalue weighted by molar-refractivity contribution is 6.33. The Morgan fingerprint density at radius 2 is 1.61 bits per heavy atom. The first-order valence-electron chi connectivity index (χ1n) is 12.9. The maximum absolute atomic E-state index is 13.3. The summed E-state index contributed by atoms with van der Waals surface area (Å²) in [6.45, 7) is -0.776. The summed E-state index contributed by atoms with van der Waals surface area (Å²) >= 11 is 5.87. The zero-order valence-corrected chi connectivity index (χ0v) is 22.2. The number of carbonyl (C=O) groups excluding carboxylic acids is 4. The molecule has 2 fully saturated rings. The minimum absolute atomic E-state index is 0.0549. The minimum Gasteiger partial charge on any atom is -0.452 e. The van der Waals surface area contributed by atoms with Crippen molar-refractivity contribution in [3.8, 4) is 0 Å². The third-order valence-corrected chi connectivity index (χ3v) is 7.79. The van der Waals surface area contributed by atoms with Gasteiger partial charge in [-0.25, -0.2) is 4.79 Å². The second kappa shape index (κ2) is 11.4. The molecular weight excluding hydrogens is 561 g/mol. The van der Waals surface area contributed by atoms with Gasteiger partial charge < -0.3 is 10.1 Å². The van der Waals surface area contributed by atoms with Gasteiger partial charge in [0, 0.05) is 0 Å². The molecule has 0 aromatic heterocycles. The van der Waals surface area contributed by atoms with Crippen LogP contribution in [0, 0.1) is 11.8 Å². The lowest BCUT2D eigenvalue weighted by atomic mass is 9.73. The summed E-state index contributed by atoms with van der Waals surface area (Å²) in [6.07, 6.45) is -2.61. The van der Waals surface area contributed by atoms with E-state index in [2.05, 4.69) is 5.32 Å². The van der Waals surface area contributed by atoms with E-state index in [0.717, 1.165) is 24.1 Å². The molecule has 1 saturated heterocycles. The molecule has 3 aromatic rings. The van der Waals surface area contributed by atoms with Gasteiger partial charge in [0.05, 0.1) is 39.4 Å². The van der Waals surface area contributed by atoms with E-state index in [1.165, 1.54) is 29.2 Å². The van der Waals surface area contributed by atoms with Gasteiger partial charge in [-0.1, -0.05) is 41.9 Å². The van der Waals surface area contributed by atoms with Gasteiger partial charge in [-0.15, -0.1) is 0 Å². The second-order valence-corrected chi connectivity index (χ2v) is 10.4. The number of ether oxygens (including phenoxy) is 1. The molecule has 1 aliphatic carbocycles. The van der Waals surface area contributed by atoms with Gasteiger partial charge in [0.1, 0.15) is 0 Å². The van der Waals surface area contributed by atoms with E-state index in [4.69, 9.17) is 16.3 Å². The monoisotopic (exact) mass is 584 g/mol. The van der Waals surface area contributed by atoms with E-state index in [9.17, 15) is 32.3 Å². The Bertz CT molecular complexity index is 1490. The fourth-order valence-corrected chi connectivity index (χ4v) is 5.57. The molecule has 11 heteroatoms. The van der Waals surface area contributed by atoms with Gasteiger partial charge >= 0.3 is 12.1 Å². The Kier molecular flexibility index (Phi) is 7.86. The van der Waals surface area contributed by atoms with Crippen LogP contribution in [0.1, 0.15) is 46.7 Å². The number of nitrogens with one attached hydrogen (secondary N) is 1. The summed E-state index contributed by atoms with van der Waals surface area (Å²) in [7, 11) is 0. The molecule has 0 bridgehead atoms. The normalized spacial score (nSPS) is 20.5. The Morgan fingerprint density at radius 3 is 2.29 bits per heavy atom. The highest BCUT2D eigenvalue weighted by atomic mass is 35.5. The second-order valence-electron chi connectivity index (χ2n) is 10.0. The molecule has 1 aliphatic heterocycles. The van der Waals surface area contributed by atoms with E-state index in [-0.39, 0.29) is 39.9 Å². The van der Waals surface area contributed by atoms with Crippen LogP contribution in [0.3, 0.4) is 0 Å². The molecule has 2 aliphatic rings. The van der Waals surface area contributed by atoms with Gasteiger partial charge in [0.15, 0.2) is 6.61 Å². The highest BCUT2D eigenvalue weighted by Gasteiger charge is 2.50. The summed E-state index contributed by atoms with van der Waals surface area (Å²) < 4.78 is 43.8. The van der Waals surface area contributed by atoms with Crippen LogP contribution in [0.15, 0.2) is 72.8 Å². The van der Waals surface area contributed by atoms with Gasteiger partial charge in [0.2, 0.25) is 11.8 Å². The summed E-state index contributed by atoms with van der Waals surface area (Å²) in [6, 6.07) is 18.0. The molecular formula is C30H24ClF3N2O5. The Balaban J connectivity index is 1.19. The standard InChI is InChI=1S/C30H24ClF3N2O5/c31-24-13-9-20(30(32,33)34)15-25(24)35-26(37)16-41-29(40)18-6-10-21(11-7-18)36-27(38)22-12-8-19(14-23(22)28(36)39)17-4-2-1-3-5-17/h1-7,9-11,13,15,19,22-23H,8,12,14,16H2,(H,35,37)/t19-,22-,23+/m1/s1. The quantitative estimate of drug-likeness (QED) is 0.274. The Labute approximate surface area is 238 Å². The lowest BCUT2D eigenvalue weighted by Gasteiger charge is -2.28. The number of amides is 3. The first-order chi connectivity index (χ1) is 19.5. The Hall–Kier alpha value is -4.18. The zero-order valence-electron chi connectivity index (χ0n) is 21.5. The molecule has 0 unspecified atom stereocenters. The number of hydrogen-bond donors (Lipinski definition) is 1. The number of esters is 1. The topological polar surface area (TPSA) is 92.8 Å². The van der Waals surface area contributed by atoms with Crippen molar-refractivity contribution in [1.29, 1.82) is 0 Å². The van der Waals surface area contributed by atoms with E-state index >= 15 is 0 Å². The van der Waals surface area contributed by atoms with E-state index in [1.807, 2.05) is 30.3 Å². The van der Waals surface area contributed by atoms with Crippen LogP contribution in [-0.4, -0.2) is 30.3 Å². The summed E-state index contributed by atoms with van der Waals surface area (Å²) in [4.78, 5) is 52.2. The van der Waals surface area contributed by atoms with Gasteiger partial charge in [0.25, 0.3) is 5.91 Å². The first-order valence-corrected chi connectivity index (χ1v) is 13.3. The number of anilines is 2. The first kappa shape index (κ1) is 28.4. The molecule has 0 spiro atoms. The molecule has 5 rings (SSSR count). The average Bonchev–Trinajstić information content (AvgIpc) is 3.21. The van der Waals surface area contributed by atoms with Crippen LogP contribution >= 0.6 is 11.6 Å². The van der Waals surface area contributed by atoms with E-state index < -0.39 is 36.1 Å². The molecule has 3 atom stereocenters. The summed E-state index contributed by atoms with van der Waals surface area (Å²) in [5, 5.41) is 2.08. The highest BCUT2D eigenvalue weighted by Crippen LogP contribution is 2.45. The molecule has 1 heterocycles. The third kappa shape index (κ3) is 5.97. The fourth-order valence-electron chi connectivity index (χ4n) is 5.41. The van der Waals surface area contributed by atoms with E-state index in [0.29, 0.717) is 24.6 Å². The van der Waals surface area contributed by atoms with Crippen molar-refractivity contribution in [3.63, 3.8) is 0 Å². The maximum Gasteiger partial charge on any atom is 0.416 e. The molecule has 41 heavy (non-hydrogen) atoms. The van der Waals surface area contributed by atoms with Crippen molar-refractivity contribution in [2.24, 2.45) is 11.8 Å². The lowest BCUT2D eigenvalue weighted by Crippen LogP contribution is -2.30. The van der Waals surface area contributed by atoms with Crippen molar-refractivity contribution < 1.29 is 37.1 Å². The van der Waals surface area contributed by atoms with Crippen molar-refractivity contribution in [2.45, 2.75) is 31.4 Å². The third-order valence-electron chi connectivity index (χ3n) is 7.46. The molecule has 1 N–H and O–H groups in total. The Morgan fingerprint density at radius 1 is 0.927 bits per heavy atom. The van der Waals surface area contributed by atoms with Crippen molar-refractivity contribution in [2.75, 3.05) is 16.8 Å². The summed E-state index contributed by atoms with van der Waals surface area (Å²) in [5.41, 5.74) is 0.263. The number of carbonyl (C=O) groups is 4. The number of halogens is 4. The van der Waals surface area contributed by atoms with Crippen LogP contribution in [-0.2, 0) is 25.3 Å². The smallest absolute Gasteiger partial charge is 0.416 e. The molecule has 3 amide bonds. The molecule has 0 radical (unpaired) electrons. The number of imide groups is 1. The van der Waals surface area contributed by atoms with Crippen molar-refractivity contribution in [1.82, 2.24) is 0 Å². The maximum atomic E-state index is 13.3. The number of benzene rings is 3. The number of alkyl halides is 3. The number of nitrogens with zero attached hydrogens (tertiary/aromatic N) is 1. The van der Waals surface area contributed by atoms with E-state index in [1.54, 1.807) is 0 Å². The van der Waals surface area contributed by atoms with Crippen molar-refractivity contribution >= 4 is 46.7 Å². The minimum atomic E-state index is -4.63. The number of fused-ring (bicyclic) bond motifs is 1. The zero-order chi connectivity index (χ0) is 29.3. The largest absolute Gasteiger partial charge is 0.452 e. The van der Waals surface area contributed by atoms with Gasteiger partial charge in [-0.3, -0.25) is 19.3 Å². The van der Waals surface area contributed by atoms with Crippen LogP contribution in [0.25, 0.3) is 0 Å². The fraction of sp³-hybridized carbons (Fsp3) is 0.267. The van der Waals surface area contributed by atoms with Crippen LogP contribution < -0.4 is 10.2 Å². The molecule has 3 aromatic carbocycles. The molecule has 212 valence electrons. The SMILES string of the molecule is O=C(COC(=O)c1ccc(N2C(=O)[C@H]3C[C@H](c4ccccc4)CC[C@H]3C2=O)cc1)Nc1cc(C(F)(F)F)ccc1Cl. The molecule has 7 nitrogen and oxygen atoms in total. The lowest BCUT2D eigenvalue weighted by molar-refractivity contribution is -0.137. The van der Waals surface area contributed by atoms with Crippen LogP contribution in [0.4, 0.5) is 24.5 Å². The average molecular weight is 585 g/mol. The predicted molar refractivity (Wildman–Crippen MR) is 144 cm³/mol. The van der Waals surface area contributed by atoms with Gasteiger partial charge in [-0.2, -0.15) is 13.2 Å². The summed E-state index contributed by atoms with van der Waals surface area (Å²) in [5.74, 6) is -2.87. The van der Waals surface area contributed by atoms with Crippen LogP contribution in [0.5, 0.6) is 0 Å². The van der Waals surface area contributed by atoms with Crippen molar-refractivity contribution in [3.05, 3.63) is 94.5 Å². The number of hydrogen-bond acceptors (Lipinski definition) is 5. The van der Waals surface area contributed by atoms with Gasteiger partial charge in [-0.05, 0) is 73.2 Å². The van der Waals surface area contributed by atoms with Crippen LogP contribution in [0.2, 0.25) is 5.02 Å². The predicted octanol–water partition coefficient (Wildman–Crippen LogP) is 6.23. The number of rotatable bonds is 6.